The van der Waals surface area contributed by atoms with E-state index < -0.39 is 18.3 Å². The first-order chi connectivity index (χ1) is 5.41. The highest BCUT2D eigenvalue weighted by Gasteiger charge is 2.25. The Balaban J connectivity index is 3.14. The van der Waals surface area contributed by atoms with E-state index in [0.29, 0.717) is 6.07 Å². The zero-order chi connectivity index (χ0) is 9.35. The van der Waals surface area contributed by atoms with E-state index in [9.17, 15) is 17.3 Å². The molecule has 0 radical (unpaired) electrons. The van der Waals surface area contributed by atoms with Gasteiger partial charge in [-0.1, -0.05) is 23.7 Å². The molecule has 0 N–H and O–H groups in total. The molecule has 0 saturated carbocycles. The molecule has 0 aromatic heterocycles. The first-order valence-corrected chi connectivity index (χ1v) is 3.44. The van der Waals surface area contributed by atoms with Crippen molar-refractivity contribution in [3.63, 3.8) is 0 Å². The van der Waals surface area contributed by atoms with Crippen molar-refractivity contribution < 1.29 is 17.3 Å². The smallest absolute Gasteiger partial charge is 0.445 e. The average molecular weight is 197 g/mol. The molecule has 1 aromatic rings. The molecule has 0 saturated heterocycles. The molecule has 0 aliphatic heterocycles. The minimum absolute atomic E-state index is 0.307. The first-order valence-electron chi connectivity index (χ1n) is 3.06. The summed E-state index contributed by atoms with van der Waals surface area (Å²) in [6, 6.07) is 2.04. The Labute approximate surface area is 71.2 Å². The van der Waals surface area contributed by atoms with Gasteiger partial charge in [-0.3, -0.25) is 0 Å². The molecule has 0 heterocycles. The van der Waals surface area contributed by atoms with Crippen LogP contribution in [0.5, 0.6) is 0 Å². The highest BCUT2D eigenvalue weighted by molar-refractivity contribution is 6.73. The quantitative estimate of drug-likeness (QED) is 0.479. The fourth-order valence-corrected chi connectivity index (χ4v) is 0.834. The van der Waals surface area contributed by atoms with Gasteiger partial charge in [-0.2, -0.15) is 0 Å². The van der Waals surface area contributed by atoms with Crippen molar-refractivity contribution in [1.29, 1.82) is 0 Å². The maximum Gasteiger partial charge on any atom is 0.509 e. The summed E-state index contributed by atoms with van der Waals surface area (Å²) in [7, 11) is 0. The van der Waals surface area contributed by atoms with E-state index in [2.05, 4.69) is 0 Å². The molecule has 0 unspecified atom stereocenters. The second kappa shape index (κ2) is 2.97. The summed E-state index contributed by atoms with van der Waals surface area (Å²) >= 11 is 5.20. The van der Waals surface area contributed by atoms with Crippen molar-refractivity contribution in [2.24, 2.45) is 0 Å². The number of hydrogen-bond donors (Lipinski definition) is 0. The summed E-state index contributed by atoms with van der Waals surface area (Å²) in [4.78, 5) is 0. The largest absolute Gasteiger partial charge is 0.509 e. The molecule has 1 rings (SSSR count). The van der Waals surface area contributed by atoms with E-state index in [-0.39, 0.29) is 5.02 Å². The molecule has 0 aliphatic rings. The van der Waals surface area contributed by atoms with E-state index in [0.717, 1.165) is 12.1 Å². The van der Waals surface area contributed by atoms with Crippen LogP contribution in [0.15, 0.2) is 18.2 Å². The molecular formula is C6H3BClF4-. The third kappa shape index (κ3) is 1.91. The fourth-order valence-electron chi connectivity index (χ4n) is 0.716. The number of rotatable bonds is 1. The summed E-state index contributed by atoms with van der Waals surface area (Å²) in [6.45, 7) is -5.14. The molecule has 0 atom stereocenters. The van der Waals surface area contributed by atoms with Crippen molar-refractivity contribution >= 4 is 24.0 Å². The van der Waals surface area contributed by atoms with Crippen LogP contribution < -0.4 is 5.46 Å². The molecule has 0 fully saturated rings. The summed E-state index contributed by atoms with van der Waals surface area (Å²) in [5, 5.41) is -0.307. The Morgan fingerprint density at radius 3 is 2.17 bits per heavy atom. The molecule has 6 heteroatoms. The van der Waals surface area contributed by atoms with Crippen LogP contribution in [-0.4, -0.2) is 6.98 Å². The van der Waals surface area contributed by atoms with Gasteiger partial charge in [0.1, 0.15) is 5.82 Å². The van der Waals surface area contributed by atoms with Gasteiger partial charge in [0, 0.05) is 0 Å². The summed E-state index contributed by atoms with van der Waals surface area (Å²) in [5.41, 5.74) is -0.975. The fraction of sp³-hybridized carbons (Fsp3) is 0. The Hall–Kier alpha value is -0.705. The van der Waals surface area contributed by atoms with Gasteiger partial charge < -0.3 is 12.9 Å². The average Bonchev–Trinajstić information content (AvgIpc) is 1.92. The van der Waals surface area contributed by atoms with Crippen molar-refractivity contribution in [2.75, 3.05) is 0 Å². The van der Waals surface area contributed by atoms with E-state index in [4.69, 9.17) is 11.6 Å². The van der Waals surface area contributed by atoms with Crippen molar-refractivity contribution in [1.82, 2.24) is 0 Å². The van der Waals surface area contributed by atoms with E-state index in [1.807, 2.05) is 0 Å². The molecule has 12 heavy (non-hydrogen) atoms. The van der Waals surface area contributed by atoms with Gasteiger partial charge in [-0.15, -0.1) is 5.46 Å². The minimum Gasteiger partial charge on any atom is -0.445 e. The Morgan fingerprint density at radius 2 is 1.75 bits per heavy atom. The molecular weight excluding hydrogens is 194 g/mol. The third-order valence-corrected chi connectivity index (χ3v) is 1.63. The Bertz CT molecular complexity index is 296. The lowest BCUT2D eigenvalue weighted by Crippen LogP contribution is -2.34. The lowest BCUT2D eigenvalue weighted by Gasteiger charge is -2.14. The van der Waals surface area contributed by atoms with Crippen LogP contribution in [0.4, 0.5) is 17.3 Å². The Kier molecular flexibility index (Phi) is 2.33. The molecule has 0 amide bonds. The van der Waals surface area contributed by atoms with Crippen LogP contribution in [0.3, 0.4) is 0 Å². The van der Waals surface area contributed by atoms with Crippen LogP contribution in [-0.2, 0) is 0 Å². The second-order valence-corrected chi connectivity index (χ2v) is 2.66. The van der Waals surface area contributed by atoms with Crippen LogP contribution in [0, 0.1) is 5.82 Å². The molecule has 0 bridgehead atoms. The van der Waals surface area contributed by atoms with E-state index >= 15 is 0 Å². The number of halogens is 5. The highest BCUT2D eigenvalue weighted by atomic mass is 35.5. The predicted octanol–water partition coefficient (Wildman–Crippen LogP) is 2.53. The molecule has 66 valence electrons. The van der Waals surface area contributed by atoms with Crippen molar-refractivity contribution in [3.05, 3.63) is 29.0 Å². The third-order valence-electron chi connectivity index (χ3n) is 1.32. The standard InChI is InChI=1S/C6H3BClF4/c8-5-2-1-4(3-6(5)9)7(10,11)12/h1-3H/q-1. The minimum atomic E-state index is -5.14. The van der Waals surface area contributed by atoms with Crippen LogP contribution in [0.25, 0.3) is 0 Å². The second-order valence-electron chi connectivity index (χ2n) is 2.25. The first kappa shape index (κ1) is 9.38. The van der Waals surface area contributed by atoms with E-state index in [1.54, 1.807) is 0 Å². The summed E-state index contributed by atoms with van der Waals surface area (Å²) < 4.78 is 48.3. The number of hydrogen-bond acceptors (Lipinski definition) is 0. The monoisotopic (exact) mass is 197 g/mol. The Morgan fingerprint density at radius 1 is 1.17 bits per heavy atom. The molecule has 0 aliphatic carbocycles. The maximum atomic E-state index is 12.5. The normalized spacial score (nSPS) is 11.8. The van der Waals surface area contributed by atoms with Crippen molar-refractivity contribution in [2.45, 2.75) is 0 Å². The molecule has 0 spiro atoms. The lowest BCUT2D eigenvalue weighted by molar-refractivity contribution is 0.500. The van der Waals surface area contributed by atoms with Gasteiger partial charge in [0.25, 0.3) is 0 Å². The van der Waals surface area contributed by atoms with Crippen LogP contribution in [0.1, 0.15) is 0 Å². The summed E-state index contributed by atoms with van der Waals surface area (Å²) in [5.74, 6) is -1.05. The zero-order valence-electron chi connectivity index (χ0n) is 5.70. The highest BCUT2D eigenvalue weighted by Crippen LogP contribution is 2.15. The van der Waals surface area contributed by atoms with E-state index in [1.165, 1.54) is 0 Å². The predicted molar refractivity (Wildman–Crippen MR) is 40.1 cm³/mol. The zero-order valence-corrected chi connectivity index (χ0v) is 6.46. The van der Waals surface area contributed by atoms with Gasteiger partial charge in [-0.25, -0.2) is 4.39 Å². The van der Waals surface area contributed by atoms with Gasteiger partial charge in [0.15, 0.2) is 0 Å². The SMILES string of the molecule is Fc1cc([B-](F)(F)F)ccc1Cl. The summed E-state index contributed by atoms with van der Waals surface area (Å²) in [6.07, 6.45) is 0. The topological polar surface area (TPSA) is 0 Å². The van der Waals surface area contributed by atoms with Gasteiger partial charge in [0.2, 0.25) is 0 Å². The van der Waals surface area contributed by atoms with Gasteiger partial charge >= 0.3 is 6.98 Å². The lowest BCUT2D eigenvalue weighted by atomic mass is 9.80. The van der Waals surface area contributed by atoms with Crippen LogP contribution in [0.2, 0.25) is 5.02 Å². The molecule has 0 nitrogen and oxygen atoms in total. The maximum absolute atomic E-state index is 12.5. The van der Waals surface area contributed by atoms with Crippen LogP contribution >= 0.6 is 11.6 Å². The molecule has 1 aromatic carbocycles. The van der Waals surface area contributed by atoms with Gasteiger partial charge in [0.05, 0.1) is 5.02 Å². The number of benzene rings is 1. The van der Waals surface area contributed by atoms with Crippen molar-refractivity contribution in [3.8, 4) is 0 Å². The van der Waals surface area contributed by atoms with Gasteiger partial charge in [-0.05, 0) is 6.07 Å².